The number of H-pyrrole nitrogens is 1. The van der Waals surface area contributed by atoms with Gasteiger partial charge in [0.25, 0.3) is 0 Å². The van der Waals surface area contributed by atoms with Gasteiger partial charge in [0.2, 0.25) is 0 Å². The number of hydrogen-bond donors (Lipinski definition) is 2. The number of nitrogens with zero attached hydrogens (tertiary/aromatic N) is 4. The highest BCUT2D eigenvalue weighted by Gasteiger charge is 2.12. The van der Waals surface area contributed by atoms with E-state index < -0.39 is 0 Å². The quantitative estimate of drug-likeness (QED) is 0.518. The monoisotopic (exact) mass is 336 g/mol. The van der Waals surface area contributed by atoms with Gasteiger partial charge in [-0.3, -0.25) is 10.4 Å². The van der Waals surface area contributed by atoms with Gasteiger partial charge >= 0.3 is 12.0 Å². The third-order valence-corrected chi connectivity index (χ3v) is 3.64. The molecule has 8 nitrogen and oxygen atoms in total. The molecule has 0 unspecified atom stereocenters. The summed E-state index contributed by atoms with van der Waals surface area (Å²) in [5, 5.41) is 9.46. The maximum Gasteiger partial charge on any atom is 0.303 e. The number of benzene rings is 2. The van der Waals surface area contributed by atoms with Crippen LogP contribution in [-0.2, 0) is 0 Å². The van der Waals surface area contributed by atoms with Crippen LogP contribution in [0.2, 0.25) is 0 Å². The Bertz CT molecular complexity index is 1190. The van der Waals surface area contributed by atoms with Crippen LogP contribution in [0.4, 0.5) is 16.4 Å². The van der Waals surface area contributed by atoms with E-state index in [1.54, 1.807) is 6.07 Å². The number of aromatic amines is 1. The zero-order valence-electron chi connectivity index (χ0n) is 12.5. The molecule has 0 bridgehead atoms. The Morgan fingerprint density at radius 3 is 2.36 bits per heavy atom. The van der Waals surface area contributed by atoms with Gasteiger partial charge in [0.1, 0.15) is 23.2 Å². The first-order valence-electron chi connectivity index (χ1n) is 7.34. The molecule has 0 saturated carbocycles. The first kappa shape index (κ1) is 13.7. The summed E-state index contributed by atoms with van der Waals surface area (Å²) in [5.41, 5.74) is 2.94. The highest BCUT2D eigenvalue weighted by atomic mass is 19.1. The van der Waals surface area contributed by atoms with Crippen molar-refractivity contribution in [2.75, 3.05) is 5.32 Å². The Morgan fingerprint density at radius 1 is 0.920 bits per heavy atom. The molecule has 0 aliphatic heterocycles. The molecule has 0 aliphatic rings. The van der Waals surface area contributed by atoms with Crippen LogP contribution in [0.1, 0.15) is 0 Å². The van der Waals surface area contributed by atoms with E-state index in [-0.39, 0.29) is 17.8 Å². The van der Waals surface area contributed by atoms with Gasteiger partial charge < -0.3 is 8.83 Å². The van der Waals surface area contributed by atoms with E-state index in [0.29, 0.717) is 28.0 Å². The van der Waals surface area contributed by atoms with Gasteiger partial charge in [-0.25, -0.2) is 9.37 Å². The van der Waals surface area contributed by atoms with E-state index in [1.165, 1.54) is 24.5 Å². The van der Waals surface area contributed by atoms with Gasteiger partial charge in [0.15, 0.2) is 17.0 Å². The lowest BCUT2D eigenvalue weighted by molar-refractivity contribution is 0.590. The molecule has 3 aromatic heterocycles. The van der Waals surface area contributed by atoms with Crippen LogP contribution < -0.4 is 5.32 Å². The van der Waals surface area contributed by atoms with Crippen LogP contribution in [0.3, 0.4) is 0 Å². The molecule has 0 amide bonds. The van der Waals surface area contributed by atoms with E-state index >= 15 is 0 Å². The first-order valence-corrected chi connectivity index (χ1v) is 7.34. The molecule has 0 aliphatic carbocycles. The molecule has 0 atom stereocenters. The fourth-order valence-electron chi connectivity index (χ4n) is 2.52. The normalized spacial score (nSPS) is 11.4. The van der Waals surface area contributed by atoms with Crippen molar-refractivity contribution in [3.63, 3.8) is 0 Å². The Hall–Kier alpha value is -3.75. The predicted octanol–water partition coefficient (Wildman–Crippen LogP) is 3.64. The number of fused-ring (bicyclic) bond motifs is 2. The van der Waals surface area contributed by atoms with Gasteiger partial charge in [0, 0.05) is 11.6 Å². The summed E-state index contributed by atoms with van der Waals surface area (Å²) in [7, 11) is 0. The van der Waals surface area contributed by atoms with Gasteiger partial charge in [-0.15, -0.1) is 0 Å². The molecule has 9 heteroatoms. The number of halogens is 1. The molecule has 0 fully saturated rings. The Labute approximate surface area is 138 Å². The van der Waals surface area contributed by atoms with Crippen molar-refractivity contribution in [2.45, 2.75) is 0 Å². The van der Waals surface area contributed by atoms with Crippen molar-refractivity contribution in [3.05, 3.63) is 48.5 Å². The van der Waals surface area contributed by atoms with Gasteiger partial charge in [-0.2, -0.15) is 15.1 Å². The fourth-order valence-corrected chi connectivity index (χ4v) is 2.52. The third-order valence-electron chi connectivity index (χ3n) is 3.64. The number of hydrogen-bond acceptors (Lipinski definition) is 7. The lowest BCUT2D eigenvalue weighted by Crippen LogP contribution is -1.89. The van der Waals surface area contributed by atoms with Crippen molar-refractivity contribution < 1.29 is 13.2 Å². The average molecular weight is 336 g/mol. The molecule has 0 spiro atoms. The number of anilines is 2. The topological polar surface area (TPSA) is 106 Å². The molecule has 2 N–H and O–H groups in total. The molecule has 5 aromatic rings. The molecule has 3 heterocycles. The summed E-state index contributed by atoms with van der Waals surface area (Å²) in [6.07, 6.45) is 1.44. The smallest absolute Gasteiger partial charge is 0.303 e. The zero-order valence-corrected chi connectivity index (χ0v) is 12.5. The Morgan fingerprint density at radius 2 is 1.64 bits per heavy atom. The summed E-state index contributed by atoms with van der Waals surface area (Å²) in [5.74, 6) is 0.259. The minimum Gasteiger partial charge on any atom is -0.423 e. The van der Waals surface area contributed by atoms with Crippen LogP contribution >= 0.6 is 0 Å². The number of aromatic nitrogens is 5. The Balaban J connectivity index is 1.49. The van der Waals surface area contributed by atoms with Crippen molar-refractivity contribution in [1.29, 1.82) is 0 Å². The van der Waals surface area contributed by atoms with Crippen LogP contribution in [0.15, 0.2) is 51.6 Å². The van der Waals surface area contributed by atoms with Crippen molar-refractivity contribution in [3.8, 4) is 11.4 Å². The van der Waals surface area contributed by atoms with E-state index in [1.807, 2.05) is 12.1 Å². The maximum absolute atomic E-state index is 13.2. The molecule has 25 heavy (non-hydrogen) atoms. The summed E-state index contributed by atoms with van der Waals surface area (Å²) in [6.45, 7) is 0. The van der Waals surface area contributed by atoms with Crippen molar-refractivity contribution in [1.82, 2.24) is 25.1 Å². The molecule has 0 saturated heterocycles. The predicted molar refractivity (Wildman–Crippen MR) is 86.6 cm³/mol. The van der Waals surface area contributed by atoms with E-state index in [0.717, 1.165) is 5.56 Å². The zero-order chi connectivity index (χ0) is 16.8. The fraction of sp³-hybridized carbons (Fsp3) is 0. The van der Waals surface area contributed by atoms with Crippen molar-refractivity contribution >= 4 is 34.2 Å². The number of rotatable bonds is 3. The average Bonchev–Trinajstić information content (AvgIpc) is 3.32. The molecular formula is C16H9FN6O2. The van der Waals surface area contributed by atoms with Crippen molar-refractivity contribution in [2.24, 2.45) is 0 Å². The van der Waals surface area contributed by atoms with E-state index in [9.17, 15) is 4.39 Å². The molecular weight excluding hydrogens is 327 g/mol. The van der Waals surface area contributed by atoms with Crippen LogP contribution in [-0.4, -0.2) is 25.1 Å². The molecule has 0 radical (unpaired) electrons. The summed E-state index contributed by atoms with van der Waals surface area (Å²) in [4.78, 5) is 12.6. The highest BCUT2D eigenvalue weighted by molar-refractivity contribution is 5.80. The largest absolute Gasteiger partial charge is 0.423 e. The third kappa shape index (κ3) is 2.38. The second-order valence-corrected chi connectivity index (χ2v) is 5.29. The van der Waals surface area contributed by atoms with Gasteiger partial charge in [0.05, 0.1) is 0 Å². The summed E-state index contributed by atoms with van der Waals surface area (Å²) in [6, 6.07) is 9.96. The second kappa shape index (κ2) is 5.13. The first-order chi connectivity index (χ1) is 12.2. The molecule has 122 valence electrons. The second-order valence-electron chi connectivity index (χ2n) is 5.29. The van der Waals surface area contributed by atoms with Gasteiger partial charge in [-0.1, -0.05) is 0 Å². The molecule has 2 aromatic carbocycles. The molecule has 5 rings (SSSR count). The number of nitrogens with one attached hydrogen (secondary N) is 2. The van der Waals surface area contributed by atoms with Crippen LogP contribution in [0, 0.1) is 5.82 Å². The maximum atomic E-state index is 13.2. The van der Waals surface area contributed by atoms with Gasteiger partial charge in [-0.05, 0) is 30.3 Å². The lowest BCUT2D eigenvalue weighted by atomic mass is 10.2. The van der Waals surface area contributed by atoms with E-state index in [2.05, 4.69) is 30.5 Å². The Kier molecular flexibility index (Phi) is 2.80. The SMILES string of the molecule is Fc1ccc2oc(Nc3nc4cc(-c5ncn[nH]5)ccc4o3)nc2c1. The van der Waals surface area contributed by atoms with E-state index in [4.69, 9.17) is 8.83 Å². The highest BCUT2D eigenvalue weighted by Crippen LogP contribution is 2.27. The standard InChI is InChI=1S/C16H9FN6O2/c17-9-2-4-13-11(6-9)21-16(25-13)22-15-20-10-5-8(1-3-12(10)24-15)14-18-7-19-23-14/h1-7H,(H,18,19,23)(H,20,21,22). The summed E-state index contributed by atoms with van der Waals surface area (Å²) < 4.78 is 24.3. The lowest BCUT2D eigenvalue weighted by Gasteiger charge is -1.93. The minimum absolute atomic E-state index is 0.169. The van der Waals surface area contributed by atoms with Crippen LogP contribution in [0.5, 0.6) is 0 Å². The van der Waals surface area contributed by atoms with Crippen LogP contribution in [0.25, 0.3) is 33.6 Å². The minimum atomic E-state index is -0.380. The summed E-state index contributed by atoms with van der Waals surface area (Å²) >= 11 is 0. The number of oxazole rings is 2.